The van der Waals surface area contributed by atoms with E-state index in [1.54, 1.807) is 0 Å². The average molecular weight is 288 g/mol. The quantitative estimate of drug-likeness (QED) is 0.713. The fourth-order valence-electron chi connectivity index (χ4n) is 2.28. The maximum atomic E-state index is 10.8. The summed E-state index contributed by atoms with van der Waals surface area (Å²) in [6.07, 6.45) is 9.72. The summed E-state index contributed by atoms with van der Waals surface area (Å²) in [5.74, 6) is 0.320. The van der Waals surface area contributed by atoms with E-state index in [1.165, 1.54) is 30.4 Å². The van der Waals surface area contributed by atoms with Gasteiger partial charge in [-0.1, -0.05) is 17.7 Å². The van der Waals surface area contributed by atoms with Gasteiger partial charge in [0, 0.05) is 38.5 Å². The van der Waals surface area contributed by atoms with Crippen LogP contribution in [0, 0.1) is 5.92 Å². The maximum absolute atomic E-state index is 10.8. The molecule has 74 valence electrons. The van der Waals surface area contributed by atoms with Gasteiger partial charge in [-0.2, -0.15) is 0 Å². The Hall–Kier alpha value is 0.323. The largest absolute Gasteiger partial charge is 0.281 e. The van der Waals surface area contributed by atoms with E-state index < -0.39 is 0 Å². The predicted molar refractivity (Wildman–Crippen MR) is 53.6 cm³/mol. The summed E-state index contributed by atoms with van der Waals surface area (Å²) < 4.78 is 0. The van der Waals surface area contributed by atoms with Crippen LogP contribution in [0.5, 0.6) is 0 Å². The molecule has 0 fully saturated rings. The molecule has 3 heteroatoms. The molecule has 0 saturated carbocycles. The van der Waals surface area contributed by atoms with E-state index in [2.05, 4.69) is 12.2 Å². The van der Waals surface area contributed by atoms with Gasteiger partial charge in [-0.3, -0.25) is 4.79 Å². The molecular formula is C11H13ClOZr. The van der Waals surface area contributed by atoms with Gasteiger partial charge in [0.1, 0.15) is 0 Å². The summed E-state index contributed by atoms with van der Waals surface area (Å²) in [4.78, 5) is 10.8. The van der Waals surface area contributed by atoms with Gasteiger partial charge in [0.25, 0.3) is 0 Å². The Labute approximate surface area is 109 Å². The van der Waals surface area contributed by atoms with Crippen molar-refractivity contribution in [1.29, 1.82) is 0 Å². The minimum absolute atomic E-state index is 0. The van der Waals surface area contributed by atoms with Crippen LogP contribution in [-0.4, -0.2) is 5.24 Å². The Bertz CT molecular complexity index is 294. The van der Waals surface area contributed by atoms with Gasteiger partial charge in [-0.25, -0.2) is 0 Å². The molecular weight excluding hydrogens is 275 g/mol. The van der Waals surface area contributed by atoms with Crippen LogP contribution >= 0.6 is 11.6 Å². The second kappa shape index (κ2) is 5.42. The van der Waals surface area contributed by atoms with Crippen LogP contribution in [0.15, 0.2) is 23.3 Å². The number of carbonyl (C=O) groups excluding carboxylic acids is 1. The van der Waals surface area contributed by atoms with Gasteiger partial charge in [-0.05, 0) is 42.9 Å². The Kier molecular flexibility index (Phi) is 4.80. The number of carbonyl (C=O) groups is 1. The monoisotopic (exact) mass is 286 g/mol. The first-order chi connectivity index (χ1) is 6.27. The summed E-state index contributed by atoms with van der Waals surface area (Å²) in [6.45, 7) is 0. The molecule has 1 unspecified atom stereocenters. The van der Waals surface area contributed by atoms with Crippen molar-refractivity contribution in [3.8, 4) is 0 Å². The van der Waals surface area contributed by atoms with Crippen LogP contribution in [0.25, 0.3) is 0 Å². The van der Waals surface area contributed by atoms with E-state index in [0.717, 1.165) is 6.42 Å². The first-order valence-corrected chi connectivity index (χ1v) is 5.23. The molecule has 0 aromatic heterocycles. The molecule has 0 aromatic carbocycles. The second-order valence-corrected chi connectivity index (χ2v) is 4.20. The molecule has 0 spiro atoms. The molecule has 14 heavy (non-hydrogen) atoms. The molecule has 2 aliphatic carbocycles. The number of rotatable bonds is 2. The van der Waals surface area contributed by atoms with Crippen molar-refractivity contribution >= 4 is 16.8 Å². The van der Waals surface area contributed by atoms with Crippen LogP contribution in [0.3, 0.4) is 0 Å². The summed E-state index contributed by atoms with van der Waals surface area (Å²) in [7, 11) is 0. The molecule has 0 aliphatic heterocycles. The van der Waals surface area contributed by atoms with E-state index in [4.69, 9.17) is 11.6 Å². The van der Waals surface area contributed by atoms with Crippen molar-refractivity contribution in [2.75, 3.05) is 0 Å². The van der Waals surface area contributed by atoms with Gasteiger partial charge < -0.3 is 0 Å². The van der Waals surface area contributed by atoms with Crippen LogP contribution < -0.4 is 0 Å². The minimum Gasteiger partial charge on any atom is -0.281 e. The third-order valence-electron chi connectivity index (χ3n) is 2.91. The van der Waals surface area contributed by atoms with Crippen molar-refractivity contribution in [2.45, 2.75) is 32.1 Å². The van der Waals surface area contributed by atoms with Crippen molar-refractivity contribution in [1.82, 2.24) is 0 Å². The third kappa shape index (κ3) is 2.67. The van der Waals surface area contributed by atoms with E-state index >= 15 is 0 Å². The van der Waals surface area contributed by atoms with Crippen molar-refractivity contribution < 1.29 is 31.0 Å². The summed E-state index contributed by atoms with van der Waals surface area (Å²) in [5, 5.41) is -0.214. The normalized spacial score (nSPS) is 24.5. The van der Waals surface area contributed by atoms with Gasteiger partial charge in [0.15, 0.2) is 0 Å². The van der Waals surface area contributed by atoms with Gasteiger partial charge >= 0.3 is 0 Å². The fourth-order valence-corrected chi connectivity index (χ4v) is 2.44. The zero-order valence-electron chi connectivity index (χ0n) is 8.05. The number of hydrogen-bond donors (Lipinski definition) is 0. The second-order valence-electron chi connectivity index (χ2n) is 3.78. The molecule has 1 atom stereocenters. The molecule has 0 aromatic rings. The molecule has 0 N–H and O–H groups in total. The summed E-state index contributed by atoms with van der Waals surface area (Å²) in [6, 6.07) is 0. The van der Waals surface area contributed by atoms with Crippen molar-refractivity contribution in [2.24, 2.45) is 5.92 Å². The van der Waals surface area contributed by atoms with Crippen LogP contribution in [0.2, 0.25) is 0 Å². The molecule has 0 amide bonds. The summed E-state index contributed by atoms with van der Waals surface area (Å²) >= 11 is 5.39. The molecule has 2 aliphatic rings. The van der Waals surface area contributed by atoms with Gasteiger partial charge in [0.2, 0.25) is 5.24 Å². The smallest absolute Gasteiger partial charge is 0.222 e. The van der Waals surface area contributed by atoms with E-state index in [9.17, 15) is 4.79 Å². The number of allylic oxidation sites excluding steroid dienone is 4. The third-order valence-corrected chi connectivity index (χ3v) is 3.07. The average Bonchev–Trinajstić information content (AvgIpc) is 2.48. The molecule has 1 nitrogen and oxygen atoms in total. The fraction of sp³-hybridized carbons (Fsp3) is 0.545. The molecule has 2 rings (SSSR count). The number of hydrogen-bond acceptors (Lipinski definition) is 1. The molecule has 0 bridgehead atoms. The van der Waals surface area contributed by atoms with Crippen LogP contribution in [-0.2, 0) is 31.0 Å². The van der Waals surface area contributed by atoms with E-state index in [1.807, 2.05) is 0 Å². The topological polar surface area (TPSA) is 17.1 Å². The molecule has 0 saturated heterocycles. The Balaban J connectivity index is 0.000000980. The Morgan fingerprint density at radius 1 is 1.43 bits per heavy atom. The molecule has 0 heterocycles. The van der Waals surface area contributed by atoms with E-state index in [0.29, 0.717) is 12.3 Å². The van der Waals surface area contributed by atoms with Gasteiger partial charge in [-0.15, -0.1) is 0 Å². The maximum Gasteiger partial charge on any atom is 0.222 e. The summed E-state index contributed by atoms with van der Waals surface area (Å²) in [5.41, 5.74) is 2.94. The first kappa shape index (κ1) is 12.4. The Morgan fingerprint density at radius 2 is 2.14 bits per heavy atom. The Morgan fingerprint density at radius 3 is 2.86 bits per heavy atom. The molecule has 0 radical (unpaired) electrons. The van der Waals surface area contributed by atoms with Crippen molar-refractivity contribution in [3.63, 3.8) is 0 Å². The minimum atomic E-state index is -0.214. The van der Waals surface area contributed by atoms with Gasteiger partial charge in [0.05, 0.1) is 0 Å². The van der Waals surface area contributed by atoms with Crippen molar-refractivity contribution in [3.05, 3.63) is 23.3 Å². The van der Waals surface area contributed by atoms with Crippen LogP contribution in [0.1, 0.15) is 32.1 Å². The number of halogens is 1. The zero-order valence-corrected chi connectivity index (χ0v) is 11.3. The standard InChI is InChI=1S/C11H13ClO.Zr/c12-11(13)7-9-6-5-8-3-1-2-4-10(8)9;/h5-6,9H,1-4,7H2;. The SMILES string of the molecule is O=C(Cl)CC1C=CC2=C1CCCC2.[Zr]. The first-order valence-electron chi connectivity index (χ1n) is 4.86. The van der Waals surface area contributed by atoms with Crippen LogP contribution in [0.4, 0.5) is 0 Å². The zero-order chi connectivity index (χ0) is 9.26. The predicted octanol–water partition coefficient (Wildman–Crippen LogP) is 3.20. The van der Waals surface area contributed by atoms with E-state index in [-0.39, 0.29) is 31.4 Å².